The highest BCUT2D eigenvalue weighted by molar-refractivity contribution is 7.09. The molecule has 28 heavy (non-hydrogen) atoms. The van der Waals surface area contributed by atoms with Crippen molar-refractivity contribution >= 4 is 28.6 Å². The number of anilines is 2. The normalized spacial score (nSPS) is 14.5. The Morgan fingerprint density at radius 1 is 1.25 bits per heavy atom. The summed E-state index contributed by atoms with van der Waals surface area (Å²) in [7, 11) is 0. The van der Waals surface area contributed by atoms with Crippen LogP contribution in [-0.2, 0) is 22.5 Å². The smallest absolute Gasteiger partial charge is 0.238 e. The van der Waals surface area contributed by atoms with E-state index in [1.165, 1.54) is 10.7 Å². The van der Waals surface area contributed by atoms with Gasteiger partial charge in [-0.05, 0) is 43.7 Å². The lowest BCUT2D eigenvalue weighted by molar-refractivity contribution is -0.117. The van der Waals surface area contributed by atoms with Crippen LogP contribution in [0.3, 0.4) is 0 Å². The van der Waals surface area contributed by atoms with E-state index in [0.717, 1.165) is 57.1 Å². The number of rotatable bonds is 9. The van der Waals surface area contributed by atoms with E-state index in [1.54, 1.807) is 11.3 Å². The fraction of sp³-hybridized carbons (Fsp3) is 0.524. The molecular weight excluding hydrogens is 372 g/mol. The number of nitrogens with one attached hydrogen (secondary N) is 1. The molecule has 1 aliphatic heterocycles. The molecule has 0 saturated carbocycles. The third-order valence-electron chi connectivity index (χ3n) is 4.79. The quantitative estimate of drug-likeness (QED) is 0.697. The van der Waals surface area contributed by atoms with Gasteiger partial charge in [0, 0.05) is 36.4 Å². The maximum absolute atomic E-state index is 12.5. The molecule has 0 unspecified atom stereocenters. The first-order valence-corrected chi connectivity index (χ1v) is 10.9. The lowest BCUT2D eigenvalue weighted by atomic mass is 10.2. The Morgan fingerprint density at radius 2 is 2.00 bits per heavy atom. The second-order valence-electron chi connectivity index (χ2n) is 6.98. The number of aryl methyl sites for hydroxylation is 1. The van der Waals surface area contributed by atoms with Crippen molar-refractivity contribution in [3.8, 4) is 0 Å². The van der Waals surface area contributed by atoms with E-state index >= 15 is 0 Å². The van der Waals surface area contributed by atoms with Crippen molar-refractivity contribution < 1.29 is 9.53 Å². The van der Waals surface area contributed by atoms with Gasteiger partial charge in [0.25, 0.3) is 0 Å². The van der Waals surface area contributed by atoms with E-state index in [-0.39, 0.29) is 5.91 Å². The Hall–Kier alpha value is -1.96. The fourth-order valence-corrected chi connectivity index (χ4v) is 4.13. The molecule has 0 bridgehead atoms. The van der Waals surface area contributed by atoms with Crippen LogP contribution in [0.1, 0.15) is 31.0 Å². The zero-order valence-corrected chi connectivity index (χ0v) is 17.6. The molecule has 0 radical (unpaired) electrons. The minimum Gasteiger partial charge on any atom is -0.378 e. The van der Waals surface area contributed by atoms with Crippen molar-refractivity contribution in [1.82, 2.24) is 9.88 Å². The first-order valence-electron chi connectivity index (χ1n) is 10.1. The minimum atomic E-state index is 0.00461. The van der Waals surface area contributed by atoms with Gasteiger partial charge in [-0.15, -0.1) is 11.3 Å². The summed E-state index contributed by atoms with van der Waals surface area (Å²) in [5.74, 6) is 0.00461. The number of thiazole rings is 1. The third-order valence-corrected chi connectivity index (χ3v) is 5.75. The Balaban J connectivity index is 1.50. The van der Waals surface area contributed by atoms with Gasteiger partial charge in [0.05, 0.1) is 30.5 Å². The molecule has 1 amide bonds. The Bertz CT molecular complexity index is 741. The first-order chi connectivity index (χ1) is 13.7. The van der Waals surface area contributed by atoms with Gasteiger partial charge in [0.1, 0.15) is 0 Å². The molecule has 7 heteroatoms. The van der Waals surface area contributed by atoms with Crippen LogP contribution in [0.25, 0.3) is 0 Å². The molecule has 1 aliphatic rings. The largest absolute Gasteiger partial charge is 0.378 e. The second kappa shape index (κ2) is 10.5. The average Bonchev–Trinajstić information content (AvgIpc) is 3.16. The Kier molecular flexibility index (Phi) is 7.82. The Labute approximate surface area is 171 Å². The highest BCUT2D eigenvalue weighted by Crippen LogP contribution is 2.19. The van der Waals surface area contributed by atoms with Crippen LogP contribution in [0.15, 0.2) is 29.6 Å². The van der Waals surface area contributed by atoms with Gasteiger partial charge in [-0.1, -0.05) is 13.8 Å². The molecule has 0 aliphatic carbocycles. The number of hydrogen-bond acceptors (Lipinski definition) is 6. The van der Waals surface area contributed by atoms with Crippen molar-refractivity contribution in [3.63, 3.8) is 0 Å². The zero-order chi connectivity index (χ0) is 19.8. The molecule has 152 valence electrons. The highest BCUT2D eigenvalue weighted by Gasteiger charge is 2.13. The summed E-state index contributed by atoms with van der Waals surface area (Å²) in [6.45, 7) is 9.48. The standard InChI is InChI=1S/C21H30N4O2S/c1-3-5-21-23-18(16-28-21)14-24(4-2)15-20(26)22-17-6-8-19(9-7-17)25-10-12-27-13-11-25/h6-9,16H,3-5,10-15H2,1-2H3,(H,22,26). The number of hydrogen-bond donors (Lipinski definition) is 1. The number of carbonyl (C=O) groups is 1. The number of benzene rings is 1. The van der Waals surface area contributed by atoms with Crippen LogP contribution < -0.4 is 10.2 Å². The molecule has 1 N–H and O–H groups in total. The first kappa shape index (κ1) is 20.8. The van der Waals surface area contributed by atoms with Gasteiger partial charge in [-0.2, -0.15) is 0 Å². The van der Waals surface area contributed by atoms with Crippen molar-refractivity contribution in [1.29, 1.82) is 0 Å². The summed E-state index contributed by atoms with van der Waals surface area (Å²) in [4.78, 5) is 21.5. The van der Waals surface area contributed by atoms with Crippen LogP contribution in [0.5, 0.6) is 0 Å². The summed E-state index contributed by atoms with van der Waals surface area (Å²) in [5, 5.41) is 6.29. The molecule has 1 fully saturated rings. The van der Waals surface area contributed by atoms with E-state index in [0.29, 0.717) is 13.1 Å². The molecule has 0 atom stereocenters. The lowest BCUT2D eigenvalue weighted by Crippen LogP contribution is -2.36. The maximum atomic E-state index is 12.5. The van der Waals surface area contributed by atoms with E-state index in [4.69, 9.17) is 4.74 Å². The van der Waals surface area contributed by atoms with Crippen LogP contribution in [-0.4, -0.2) is 55.2 Å². The van der Waals surface area contributed by atoms with Crippen LogP contribution >= 0.6 is 11.3 Å². The van der Waals surface area contributed by atoms with Crippen molar-refractivity contribution in [2.24, 2.45) is 0 Å². The minimum absolute atomic E-state index is 0.00461. The van der Waals surface area contributed by atoms with Crippen LogP contribution in [0.2, 0.25) is 0 Å². The maximum Gasteiger partial charge on any atom is 0.238 e. The van der Waals surface area contributed by atoms with E-state index in [2.05, 4.69) is 51.5 Å². The number of likely N-dealkylation sites (N-methyl/N-ethyl adjacent to an activating group) is 1. The predicted octanol–water partition coefficient (Wildman–Crippen LogP) is 3.39. The van der Waals surface area contributed by atoms with Crippen molar-refractivity contribution in [3.05, 3.63) is 40.3 Å². The van der Waals surface area contributed by atoms with Gasteiger partial charge in [-0.25, -0.2) is 4.98 Å². The molecule has 0 spiro atoms. The van der Waals surface area contributed by atoms with Gasteiger partial charge in [-0.3, -0.25) is 9.69 Å². The van der Waals surface area contributed by atoms with Gasteiger partial charge in [0.15, 0.2) is 0 Å². The van der Waals surface area contributed by atoms with Gasteiger partial charge < -0.3 is 15.0 Å². The van der Waals surface area contributed by atoms with E-state index in [9.17, 15) is 4.79 Å². The summed E-state index contributed by atoms with van der Waals surface area (Å²) in [6.07, 6.45) is 2.13. The molecule has 1 saturated heterocycles. The zero-order valence-electron chi connectivity index (χ0n) is 16.8. The van der Waals surface area contributed by atoms with Crippen LogP contribution in [0.4, 0.5) is 11.4 Å². The van der Waals surface area contributed by atoms with E-state index < -0.39 is 0 Å². The van der Waals surface area contributed by atoms with Crippen LogP contribution in [0, 0.1) is 0 Å². The second-order valence-corrected chi connectivity index (χ2v) is 7.92. The Morgan fingerprint density at radius 3 is 2.68 bits per heavy atom. The topological polar surface area (TPSA) is 57.7 Å². The monoisotopic (exact) mass is 402 g/mol. The highest BCUT2D eigenvalue weighted by atomic mass is 32.1. The SMILES string of the molecule is CCCc1nc(CN(CC)CC(=O)Nc2ccc(N3CCOCC3)cc2)cs1. The summed E-state index contributed by atoms with van der Waals surface area (Å²) >= 11 is 1.71. The summed E-state index contributed by atoms with van der Waals surface area (Å²) in [6, 6.07) is 8.05. The number of aromatic nitrogens is 1. The molecule has 1 aromatic carbocycles. The molecule has 3 rings (SSSR count). The third kappa shape index (κ3) is 6.02. The number of carbonyl (C=O) groups excluding carboxylic acids is 1. The summed E-state index contributed by atoms with van der Waals surface area (Å²) < 4.78 is 5.39. The molecule has 1 aromatic heterocycles. The lowest BCUT2D eigenvalue weighted by Gasteiger charge is -2.29. The number of morpholine rings is 1. The number of ether oxygens (including phenoxy) is 1. The van der Waals surface area contributed by atoms with Crippen molar-refractivity contribution in [2.75, 3.05) is 49.6 Å². The van der Waals surface area contributed by atoms with Gasteiger partial charge in [0.2, 0.25) is 5.91 Å². The predicted molar refractivity (Wildman–Crippen MR) is 115 cm³/mol. The molecule has 6 nitrogen and oxygen atoms in total. The number of nitrogens with zero attached hydrogens (tertiary/aromatic N) is 3. The summed E-state index contributed by atoms with van der Waals surface area (Å²) in [5.41, 5.74) is 3.05. The molecule has 2 aromatic rings. The number of amides is 1. The average molecular weight is 403 g/mol. The van der Waals surface area contributed by atoms with Crippen molar-refractivity contribution in [2.45, 2.75) is 33.2 Å². The molecular formula is C21H30N4O2S. The van der Waals surface area contributed by atoms with E-state index in [1.807, 2.05) is 12.1 Å². The fourth-order valence-electron chi connectivity index (χ4n) is 3.24. The molecule has 2 heterocycles. The van der Waals surface area contributed by atoms with Gasteiger partial charge >= 0.3 is 0 Å².